The SMILES string of the molecule is O=C(c1ncccn1)N1CC[C@H](Oc2ccccn2)C1. The lowest BCUT2D eigenvalue weighted by Crippen LogP contribution is -2.32. The molecule has 20 heavy (non-hydrogen) atoms. The molecule has 1 aliphatic heterocycles. The summed E-state index contributed by atoms with van der Waals surface area (Å²) in [5, 5.41) is 0. The molecule has 1 fully saturated rings. The van der Waals surface area contributed by atoms with Gasteiger partial charge in [-0.15, -0.1) is 0 Å². The summed E-state index contributed by atoms with van der Waals surface area (Å²) < 4.78 is 5.75. The van der Waals surface area contributed by atoms with Gasteiger partial charge in [0, 0.05) is 37.6 Å². The quantitative estimate of drug-likeness (QED) is 0.837. The molecule has 0 aromatic carbocycles. The van der Waals surface area contributed by atoms with E-state index >= 15 is 0 Å². The molecule has 1 aliphatic rings. The van der Waals surface area contributed by atoms with E-state index in [1.807, 2.05) is 18.2 Å². The van der Waals surface area contributed by atoms with Crippen molar-refractivity contribution in [3.05, 3.63) is 48.7 Å². The van der Waals surface area contributed by atoms with Crippen LogP contribution in [0.2, 0.25) is 0 Å². The van der Waals surface area contributed by atoms with Gasteiger partial charge in [-0.3, -0.25) is 4.79 Å². The van der Waals surface area contributed by atoms with Gasteiger partial charge in [0.05, 0.1) is 6.54 Å². The summed E-state index contributed by atoms with van der Waals surface area (Å²) in [7, 11) is 0. The molecule has 6 heteroatoms. The van der Waals surface area contributed by atoms with Crippen LogP contribution in [0.25, 0.3) is 0 Å². The minimum atomic E-state index is -0.155. The van der Waals surface area contributed by atoms with Crippen LogP contribution in [-0.2, 0) is 0 Å². The van der Waals surface area contributed by atoms with E-state index in [0.717, 1.165) is 6.42 Å². The molecule has 0 spiro atoms. The molecule has 2 aromatic rings. The number of hydrogen-bond donors (Lipinski definition) is 0. The van der Waals surface area contributed by atoms with Gasteiger partial charge < -0.3 is 9.64 Å². The molecule has 1 atom stereocenters. The highest BCUT2D eigenvalue weighted by Gasteiger charge is 2.29. The fourth-order valence-electron chi connectivity index (χ4n) is 2.15. The van der Waals surface area contributed by atoms with Gasteiger partial charge in [0.25, 0.3) is 5.91 Å². The highest BCUT2D eigenvalue weighted by Crippen LogP contribution is 2.17. The fraction of sp³-hybridized carbons (Fsp3) is 0.286. The Morgan fingerprint density at radius 1 is 1.15 bits per heavy atom. The van der Waals surface area contributed by atoms with Crippen LogP contribution < -0.4 is 4.74 Å². The van der Waals surface area contributed by atoms with Gasteiger partial charge in [-0.2, -0.15) is 0 Å². The first kappa shape index (κ1) is 12.5. The Balaban J connectivity index is 1.61. The molecule has 3 heterocycles. The summed E-state index contributed by atoms with van der Waals surface area (Å²) in [5.41, 5.74) is 0. The summed E-state index contributed by atoms with van der Waals surface area (Å²) in [5.74, 6) is 0.659. The number of ether oxygens (including phenoxy) is 1. The minimum absolute atomic E-state index is 0.0300. The van der Waals surface area contributed by atoms with Gasteiger partial charge in [0.1, 0.15) is 6.10 Å². The predicted molar refractivity (Wildman–Crippen MR) is 71.2 cm³/mol. The first-order chi connectivity index (χ1) is 9.83. The molecule has 0 N–H and O–H groups in total. The van der Waals surface area contributed by atoms with Crippen LogP contribution in [-0.4, -0.2) is 45.0 Å². The number of carbonyl (C=O) groups is 1. The van der Waals surface area contributed by atoms with Crippen LogP contribution in [0.1, 0.15) is 17.0 Å². The van der Waals surface area contributed by atoms with E-state index in [9.17, 15) is 4.79 Å². The molecule has 1 saturated heterocycles. The van der Waals surface area contributed by atoms with E-state index in [1.165, 1.54) is 0 Å². The molecule has 0 aliphatic carbocycles. The van der Waals surface area contributed by atoms with Crippen molar-refractivity contribution in [2.45, 2.75) is 12.5 Å². The largest absolute Gasteiger partial charge is 0.472 e. The van der Waals surface area contributed by atoms with Crippen molar-refractivity contribution < 1.29 is 9.53 Å². The summed E-state index contributed by atoms with van der Waals surface area (Å²) in [6, 6.07) is 7.21. The Bertz CT molecular complexity index is 576. The number of carbonyl (C=O) groups excluding carboxylic acids is 1. The monoisotopic (exact) mass is 270 g/mol. The molecule has 1 amide bonds. The van der Waals surface area contributed by atoms with Crippen LogP contribution in [0.15, 0.2) is 42.9 Å². The van der Waals surface area contributed by atoms with E-state index in [1.54, 1.807) is 29.6 Å². The van der Waals surface area contributed by atoms with E-state index in [2.05, 4.69) is 15.0 Å². The summed E-state index contributed by atoms with van der Waals surface area (Å²) in [6.07, 6.45) is 5.58. The zero-order chi connectivity index (χ0) is 13.8. The molecule has 3 rings (SSSR count). The molecule has 0 bridgehead atoms. The van der Waals surface area contributed by atoms with Crippen molar-refractivity contribution >= 4 is 5.91 Å². The Labute approximate surface area is 116 Å². The molecule has 0 unspecified atom stereocenters. The lowest BCUT2D eigenvalue weighted by Gasteiger charge is -2.15. The molecule has 0 radical (unpaired) electrons. The normalized spacial score (nSPS) is 18.0. The Morgan fingerprint density at radius 3 is 2.70 bits per heavy atom. The smallest absolute Gasteiger partial charge is 0.291 e. The van der Waals surface area contributed by atoms with Crippen molar-refractivity contribution in [1.29, 1.82) is 0 Å². The number of amides is 1. The summed E-state index contributed by atoms with van der Waals surface area (Å²) >= 11 is 0. The third-order valence-electron chi connectivity index (χ3n) is 3.11. The zero-order valence-corrected chi connectivity index (χ0v) is 10.8. The van der Waals surface area contributed by atoms with Crippen LogP contribution in [0, 0.1) is 0 Å². The predicted octanol–water partition coefficient (Wildman–Crippen LogP) is 1.17. The first-order valence-electron chi connectivity index (χ1n) is 6.47. The second-order valence-corrected chi connectivity index (χ2v) is 4.52. The Hall–Kier alpha value is -2.50. The molecule has 6 nitrogen and oxygen atoms in total. The maximum atomic E-state index is 12.2. The van der Waals surface area contributed by atoms with Crippen molar-refractivity contribution in [1.82, 2.24) is 19.9 Å². The average molecular weight is 270 g/mol. The average Bonchev–Trinajstić information content (AvgIpc) is 2.97. The lowest BCUT2D eigenvalue weighted by molar-refractivity contribution is 0.0759. The third-order valence-corrected chi connectivity index (χ3v) is 3.11. The van der Waals surface area contributed by atoms with Gasteiger partial charge in [0.2, 0.25) is 11.7 Å². The van der Waals surface area contributed by atoms with E-state index in [4.69, 9.17) is 4.74 Å². The van der Waals surface area contributed by atoms with Crippen LogP contribution in [0.4, 0.5) is 0 Å². The van der Waals surface area contributed by atoms with Crippen molar-refractivity contribution in [3.63, 3.8) is 0 Å². The van der Waals surface area contributed by atoms with Gasteiger partial charge in [0.15, 0.2) is 0 Å². The molecular formula is C14H14N4O2. The highest BCUT2D eigenvalue weighted by atomic mass is 16.5. The number of likely N-dealkylation sites (tertiary alicyclic amines) is 1. The Morgan fingerprint density at radius 2 is 1.95 bits per heavy atom. The van der Waals surface area contributed by atoms with E-state index in [0.29, 0.717) is 19.0 Å². The van der Waals surface area contributed by atoms with Gasteiger partial charge >= 0.3 is 0 Å². The number of hydrogen-bond acceptors (Lipinski definition) is 5. The van der Waals surface area contributed by atoms with Gasteiger partial charge in [-0.25, -0.2) is 15.0 Å². The van der Waals surface area contributed by atoms with Crippen LogP contribution >= 0.6 is 0 Å². The molecule has 102 valence electrons. The third kappa shape index (κ3) is 2.74. The maximum absolute atomic E-state index is 12.2. The maximum Gasteiger partial charge on any atom is 0.291 e. The molecule has 0 saturated carbocycles. The second-order valence-electron chi connectivity index (χ2n) is 4.52. The van der Waals surface area contributed by atoms with Crippen LogP contribution in [0.3, 0.4) is 0 Å². The van der Waals surface area contributed by atoms with Gasteiger partial charge in [-0.1, -0.05) is 6.07 Å². The summed E-state index contributed by atoms with van der Waals surface area (Å²) in [4.78, 5) is 26.0. The van der Waals surface area contributed by atoms with Crippen molar-refractivity contribution in [2.75, 3.05) is 13.1 Å². The fourth-order valence-corrected chi connectivity index (χ4v) is 2.15. The summed E-state index contributed by atoms with van der Waals surface area (Å²) in [6.45, 7) is 1.18. The van der Waals surface area contributed by atoms with Crippen molar-refractivity contribution in [2.24, 2.45) is 0 Å². The standard InChI is InChI=1S/C14H14N4O2/c19-14(13-16-7-3-8-17-13)18-9-5-11(10-18)20-12-4-1-2-6-15-12/h1-4,6-8,11H,5,9-10H2/t11-/m0/s1. The van der Waals surface area contributed by atoms with E-state index in [-0.39, 0.29) is 17.8 Å². The van der Waals surface area contributed by atoms with Gasteiger partial charge in [-0.05, 0) is 12.1 Å². The first-order valence-corrected chi connectivity index (χ1v) is 6.47. The minimum Gasteiger partial charge on any atom is -0.472 e. The number of rotatable bonds is 3. The highest BCUT2D eigenvalue weighted by molar-refractivity contribution is 5.90. The topological polar surface area (TPSA) is 68.2 Å². The van der Waals surface area contributed by atoms with E-state index < -0.39 is 0 Å². The number of nitrogens with zero attached hydrogens (tertiary/aromatic N) is 4. The van der Waals surface area contributed by atoms with Crippen molar-refractivity contribution in [3.8, 4) is 5.88 Å². The molecule has 2 aromatic heterocycles. The number of aromatic nitrogens is 3. The number of pyridine rings is 1. The molecular weight excluding hydrogens is 256 g/mol. The van der Waals surface area contributed by atoms with Crippen LogP contribution in [0.5, 0.6) is 5.88 Å². The lowest BCUT2D eigenvalue weighted by atomic mass is 10.3. The Kier molecular flexibility index (Phi) is 3.54. The second kappa shape index (κ2) is 5.64. The zero-order valence-electron chi connectivity index (χ0n) is 10.8.